The third-order valence-corrected chi connectivity index (χ3v) is 3.81. The van der Waals surface area contributed by atoms with Crippen molar-refractivity contribution in [1.29, 1.82) is 0 Å². The van der Waals surface area contributed by atoms with Gasteiger partial charge >= 0.3 is 0 Å². The van der Waals surface area contributed by atoms with Crippen molar-refractivity contribution in [2.75, 3.05) is 6.61 Å². The van der Waals surface area contributed by atoms with Crippen LogP contribution in [0.15, 0.2) is 47.9 Å². The van der Waals surface area contributed by atoms with Crippen LogP contribution in [0, 0.1) is 0 Å². The van der Waals surface area contributed by atoms with Gasteiger partial charge in [0, 0.05) is 11.0 Å². The summed E-state index contributed by atoms with van der Waals surface area (Å²) in [6.07, 6.45) is 3.99. The number of hydrogen-bond acceptors (Lipinski definition) is 4. The molecule has 2 N–H and O–H groups in total. The zero-order chi connectivity index (χ0) is 16.5. The van der Waals surface area contributed by atoms with Crippen LogP contribution in [0.3, 0.4) is 0 Å². The molecule has 2 aromatic rings. The fourth-order valence-corrected chi connectivity index (χ4v) is 2.34. The Bertz CT molecular complexity index is 664. The molecule has 1 aromatic heterocycles. The molecular weight excluding hydrogens is 312 g/mol. The Morgan fingerprint density at radius 3 is 2.61 bits per heavy atom. The van der Waals surface area contributed by atoms with Gasteiger partial charge in [-0.25, -0.2) is 0 Å². The van der Waals surface area contributed by atoms with Gasteiger partial charge in [0.05, 0.1) is 0 Å². The number of carbonyl (C=O) groups excluding carboxylic acids is 2. The second-order valence-corrected chi connectivity index (χ2v) is 5.65. The molecule has 0 spiro atoms. The summed E-state index contributed by atoms with van der Waals surface area (Å²) >= 11 is 1.52. The monoisotopic (exact) mass is 330 g/mol. The summed E-state index contributed by atoms with van der Waals surface area (Å²) in [5.74, 6) is -0.220. The number of hydrazine groups is 1. The van der Waals surface area contributed by atoms with E-state index in [1.54, 1.807) is 6.08 Å². The molecule has 0 aliphatic heterocycles. The van der Waals surface area contributed by atoms with E-state index in [2.05, 4.69) is 17.8 Å². The smallest absolute Gasteiger partial charge is 0.276 e. The third-order valence-electron chi connectivity index (χ3n) is 2.97. The Labute approximate surface area is 139 Å². The highest BCUT2D eigenvalue weighted by Crippen LogP contribution is 2.12. The quantitative estimate of drug-likeness (QED) is 0.632. The van der Waals surface area contributed by atoms with E-state index in [0.717, 1.165) is 11.3 Å². The number of benzene rings is 1. The van der Waals surface area contributed by atoms with E-state index < -0.39 is 11.8 Å². The van der Waals surface area contributed by atoms with Crippen molar-refractivity contribution < 1.29 is 14.3 Å². The number of rotatable bonds is 6. The van der Waals surface area contributed by atoms with Crippen LogP contribution in [-0.4, -0.2) is 18.4 Å². The van der Waals surface area contributed by atoms with E-state index in [9.17, 15) is 9.59 Å². The molecule has 0 radical (unpaired) electrons. The second-order valence-electron chi connectivity index (χ2n) is 4.67. The Hall–Kier alpha value is -2.60. The molecule has 2 amide bonds. The molecule has 6 heteroatoms. The number of thiophene rings is 1. The van der Waals surface area contributed by atoms with Crippen molar-refractivity contribution in [2.24, 2.45) is 0 Å². The Morgan fingerprint density at radius 1 is 1.17 bits per heavy atom. The number of carbonyl (C=O) groups is 2. The van der Waals surface area contributed by atoms with Gasteiger partial charge in [-0.3, -0.25) is 20.4 Å². The molecule has 0 atom stereocenters. The summed E-state index contributed by atoms with van der Waals surface area (Å²) in [7, 11) is 0. The summed E-state index contributed by atoms with van der Waals surface area (Å²) in [6, 6.07) is 11.3. The van der Waals surface area contributed by atoms with E-state index in [4.69, 9.17) is 4.74 Å². The summed E-state index contributed by atoms with van der Waals surface area (Å²) in [6.45, 7) is 1.90. The largest absolute Gasteiger partial charge is 0.484 e. The number of nitrogens with one attached hydrogen (secondary N) is 2. The van der Waals surface area contributed by atoms with E-state index in [-0.39, 0.29) is 6.61 Å². The minimum Gasteiger partial charge on any atom is -0.484 e. The van der Waals surface area contributed by atoms with Gasteiger partial charge in [0.1, 0.15) is 5.75 Å². The Morgan fingerprint density at radius 2 is 1.96 bits per heavy atom. The fraction of sp³-hybridized carbons (Fsp3) is 0.176. The highest BCUT2D eigenvalue weighted by Gasteiger charge is 2.04. The van der Waals surface area contributed by atoms with Crippen LogP contribution in [-0.2, 0) is 16.0 Å². The van der Waals surface area contributed by atoms with Crippen molar-refractivity contribution >= 4 is 29.2 Å². The molecule has 0 saturated carbocycles. The molecule has 0 saturated heterocycles. The molecule has 0 bridgehead atoms. The summed E-state index contributed by atoms with van der Waals surface area (Å²) in [4.78, 5) is 24.1. The highest BCUT2D eigenvalue weighted by molar-refractivity contribution is 7.10. The predicted molar refractivity (Wildman–Crippen MR) is 91.0 cm³/mol. The zero-order valence-corrected chi connectivity index (χ0v) is 13.6. The van der Waals surface area contributed by atoms with Gasteiger partial charge in [-0.1, -0.05) is 25.1 Å². The first-order valence-corrected chi connectivity index (χ1v) is 8.07. The Kier molecular flexibility index (Phi) is 6.38. The van der Waals surface area contributed by atoms with Crippen molar-refractivity contribution in [2.45, 2.75) is 13.3 Å². The van der Waals surface area contributed by atoms with Crippen molar-refractivity contribution in [1.82, 2.24) is 10.9 Å². The van der Waals surface area contributed by atoms with Crippen molar-refractivity contribution in [3.63, 3.8) is 0 Å². The maximum Gasteiger partial charge on any atom is 0.276 e. The van der Waals surface area contributed by atoms with E-state index in [1.807, 2.05) is 41.8 Å². The van der Waals surface area contributed by atoms with Crippen LogP contribution in [0.2, 0.25) is 0 Å². The maximum absolute atomic E-state index is 11.6. The standard InChI is InChI=1S/C17H18N2O3S/c1-2-13-5-7-14(8-6-13)22-12-17(21)19-18-16(20)10-9-15-4-3-11-23-15/h3-11H,2,12H2,1H3,(H,18,20)(H,19,21)/b10-9+. The van der Waals surface area contributed by atoms with Crippen molar-refractivity contribution in [3.05, 3.63) is 58.3 Å². The normalized spacial score (nSPS) is 10.5. The van der Waals surface area contributed by atoms with Crippen LogP contribution < -0.4 is 15.6 Å². The number of aryl methyl sites for hydroxylation is 1. The van der Waals surface area contributed by atoms with E-state index >= 15 is 0 Å². The van der Waals surface area contributed by atoms with E-state index in [0.29, 0.717) is 5.75 Å². The molecule has 0 unspecified atom stereocenters. The second kappa shape index (κ2) is 8.75. The zero-order valence-electron chi connectivity index (χ0n) is 12.7. The van der Waals surface area contributed by atoms with Crippen molar-refractivity contribution in [3.8, 4) is 5.75 Å². The lowest BCUT2D eigenvalue weighted by Crippen LogP contribution is -2.43. The van der Waals surface area contributed by atoms with Crippen LogP contribution in [0.25, 0.3) is 6.08 Å². The summed E-state index contributed by atoms with van der Waals surface area (Å²) in [5, 5.41) is 1.92. The first-order chi connectivity index (χ1) is 11.2. The molecule has 2 rings (SSSR count). The minimum atomic E-state index is -0.428. The molecule has 0 aliphatic rings. The molecule has 120 valence electrons. The van der Waals surface area contributed by atoms with Gasteiger partial charge < -0.3 is 4.74 Å². The fourth-order valence-electron chi connectivity index (χ4n) is 1.72. The van der Waals surface area contributed by atoms with E-state index in [1.165, 1.54) is 23.0 Å². The lowest BCUT2D eigenvalue weighted by molar-refractivity contribution is -0.128. The molecular formula is C17H18N2O3S. The first-order valence-electron chi connectivity index (χ1n) is 7.19. The summed E-state index contributed by atoms with van der Waals surface area (Å²) in [5.41, 5.74) is 5.79. The molecule has 23 heavy (non-hydrogen) atoms. The average molecular weight is 330 g/mol. The van der Waals surface area contributed by atoms with Crippen LogP contribution >= 0.6 is 11.3 Å². The maximum atomic E-state index is 11.6. The number of amides is 2. The average Bonchev–Trinajstić information content (AvgIpc) is 3.10. The first kappa shape index (κ1) is 16.8. The summed E-state index contributed by atoms with van der Waals surface area (Å²) < 4.78 is 5.34. The number of hydrogen-bond donors (Lipinski definition) is 2. The minimum absolute atomic E-state index is 0.166. The van der Waals surface area contributed by atoms with Gasteiger partial charge in [-0.2, -0.15) is 0 Å². The molecule has 5 nitrogen and oxygen atoms in total. The van der Waals surface area contributed by atoms with Gasteiger partial charge in [-0.05, 0) is 41.6 Å². The topological polar surface area (TPSA) is 67.4 Å². The predicted octanol–water partition coefficient (Wildman–Crippen LogP) is 2.55. The lowest BCUT2D eigenvalue weighted by atomic mass is 10.2. The van der Waals surface area contributed by atoms with Gasteiger partial charge in [0.15, 0.2) is 6.61 Å². The lowest BCUT2D eigenvalue weighted by Gasteiger charge is -2.08. The SMILES string of the molecule is CCc1ccc(OCC(=O)NNC(=O)/C=C/c2cccs2)cc1. The van der Waals surface area contributed by atoms with Gasteiger partial charge in [-0.15, -0.1) is 11.3 Å². The van der Waals surface area contributed by atoms with Gasteiger partial charge in [0.25, 0.3) is 11.8 Å². The molecule has 0 aliphatic carbocycles. The van der Waals surface area contributed by atoms with Crippen LogP contribution in [0.4, 0.5) is 0 Å². The Balaban J connectivity index is 1.69. The van der Waals surface area contributed by atoms with Crippen LogP contribution in [0.5, 0.6) is 5.75 Å². The number of ether oxygens (including phenoxy) is 1. The third kappa shape index (κ3) is 5.96. The molecule has 1 aromatic carbocycles. The molecule has 1 heterocycles. The van der Waals surface area contributed by atoms with Crippen LogP contribution in [0.1, 0.15) is 17.4 Å². The van der Waals surface area contributed by atoms with Gasteiger partial charge in [0.2, 0.25) is 0 Å². The molecule has 0 fully saturated rings. The highest BCUT2D eigenvalue weighted by atomic mass is 32.1.